The molecule has 7 heteroatoms. The molecule has 1 amide bonds. The van der Waals surface area contributed by atoms with Crippen molar-refractivity contribution in [1.82, 2.24) is 15.1 Å². The number of nitrogens with zero attached hydrogens (tertiary/aromatic N) is 2. The molecule has 2 aliphatic rings. The van der Waals surface area contributed by atoms with Crippen LogP contribution in [0.3, 0.4) is 0 Å². The summed E-state index contributed by atoms with van der Waals surface area (Å²) in [7, 11) is 0. The van der Waals surface area contributed by atoms with Crippen molar-refractivity contribution in [3.05, 3.63) is 33.0 Å². The van der Waals surface area contributed by atoms with Crippen molar-refractivity contribution in [2.45, 2.75) is 6.42 Å². The Morgan fingerprint density at radius 3 is 3.04 bits per heavy atom. The van der Waals surface area contributed by atoms with Crippen LogP contribution >= 0.6 is 22.6 Å². The predicted molar refractivity (Wildman–Crippen MR) is 95.4 cm³/mol. The van der Waals surface area contributed by atoms with Crippen molar-refractivity contribution in [2.75, 3.05) is 38.2 Å². The van der Waals surface area contributed by atoms with E-state index in [4.69, 9.17) is 4.74 Å². The Morgan fingerprint density at radius 1 is 1.39 bits per heavy atom. The summed E-state index contributed by atoms with van der Waals surface area (Å²) in [4.78, 5) is 14.3. The van der Waals surface area contributed by atoms with Crippen LogP contribution in [-0.4, -0.2) is 53.9 Å². The molecule has 1 fully saturated rings. The number of ether oxygens (including phenoxy) is 1. The molecule has 120 valence electrons. The number of halogens is 1. The summed E-state index contributed by atoms with van der Waals surface area (Å²) in [6, 6.07) is 6.08. The van der Waals surface area contributed by atoms with Gasteiger partial charge in [0.1, 0.15) is 3.70 Å². The normalized spacial score (nSPS) is 16.9. The van der Waals surface area contributed by atoms with Crippen molar-refractivity contribution in [1.29, 1.82) is 0 Å². The number of fused-ring (bicyclic) bond motifs is 3. The van der Waals surface area contributed by atoms with E-state index in [2.05, 4.69) is 55.1 Å². The molecule has 0 spiro atoms. The van der Waals surface area contributed by atoms with Gasteiger partial charge in [-0.1, -0.05) is 6.07 Å². The Morgan fingerprint density at radius 2 is 2.22 bits per heavy atom. The van der Waals surface area contributed by atoms with E-state index in [0.717, 1.165) is 34.6 Å². The molecule has 0 atom stereocenters. The van der Waals surface area contributed by atoms with Crippen LogP contribution < -0.4 is 5.32 Å². The van der Waals surface area contributed by atoms with Crippen molar-refractivity contribution in [3.63, 3.8) is 0 Å². The van der Waals surface area contributed by atoms with E-state index in [9.17, 15) is 4.79 Å². The minimum absolute atomic E-state index is 0.0274. The molecule has 0 bridgehead atoms. The fraction of sp³-hybridized carbons (Fsp3) is 0.375. The maximum atomic E-state index is 12.2. The van der Waals surface area contributed by atoms with Gasteiger partial charge < -0.3 is 10.1 Å². The summed E-state index contributed by atoms with van der Waals surface area (Å²) in [5, 5.41) is 10.3. The summed E-state index contributed by atoms with van der Waals surface area (Å²) in [5.74, 6) is 0.0274. The maximum absolute atomic E-state index is 12.2. The van der Waals surface area contributed by atoms with Crippen LogP contribution in [0.15, 0.2) is 18.2 Å². The number of amides is 1. The first-order valence-corrected chi connectivity index (χ1v) is 8.74. The number of hydrogen-bond donors (Lipinski definition) is 2. The number of aromatic nitrogens is 2. The van der Waals surface area contributed by atoms with Gasteiger partial charge in [-0.15, -0.1) is 0 Å². The maximum Gasteiger partial charge on any atom is 0.238 e. The van der Waals surface area contributed by atoms with E-state index < -0.39 is 0 Å². The number of H-pyrrole nitrogens is 1. The lowest BCUT2D eigenvalue weighted by molar-refractivity contribution is -0.118. The fourth-order valence-corrected chi connectivity index (χ4v) is 3.72. The standard InChI is InChI=1S/C16H17IN4O2/c17-16-13-8-10-7-11(1-2-12(10)15(13)19-20-16)18-14(22)9-21-3-5-23-6-4-21/h1-2,7H,3-6,8-9H2,(H,18,22)(H,19,20). The number of carbonyl (C=O) groups excluding carboxylic acids is 1. The fourth-order valence-electron chi connectivity index (χ4n) is 3.14. The second-order valence-corrected chi connectivity index (χ2v) is 6.88. The monoisotopic (exact) mass is 424 g/mol. The summed E-state index contributed by atoms with van der Waals surface area (Å²) in [6.45, 7) is 3.46. The van der Waals surface area contributed by atoms with E-state index in [1.807, 2.05) is 6.07 Å². The van der Waals surface area contributed by atoms with Crippen molar-refractivity contribution in [2.24, 2.45) is 0 Å². The highest BCUT2D eigenvalue weighted by molar-refractivity contribution is 14.1. The second-order valence-electron chi connectivity index (χ2n) is 5.85. The van der Waals surface area contributed by atoms with Gasteiger partial charge in [0.05, 0.1) is 25.5 Å². The predicted octanol–water partition coefficient (Wildman–Crippen LogP) is 1.86. The first-order valence-electron chi connectivity index (χ1n) is 7.67. The van der Waals surface area contributed by atoms with Crippen molar-refractivity contribution >= 4 is 34.2 Å². The number of morpholine rings is 1. The zero-order valence-corrected chi connectivity index (χ0v) is 14.7. The van der Waals surface area contributed by atoms with Gasteiger partial charge >= 0.3 is 0 Å². The molecule has 0 radical (unpaired) electrons. The lowest BCUT2D eigenvalue weighted by atomic mass is 10.1. The van der Waals surface area contributed by atoms with Crippen LogP contribution in [0.25, 0.3) is 11.3 Å². The summed E-state index contributed by atoms with van der Waals surface area (Å²) in [6.07, 6.45) is 0.868. The molecule has 0 saturated carbocycles. The number of aromatic amines is 1. The molecule has 2 aromatic rings. The van der Waals surface area contributed by atoms with Gasteiger partial charge in [0, 0.05) is 36.3 Å². The van der Waals surface area contributed by atoms with Gasteiger partial charge in [0.2, 0.25) is 5.91 Å². The zero-order chi connectivity index (χ0) is 15.8. The average molecular weight is 424 g/mol. The van der Waals surface area contributed by atoms with Gasteiger partial charge in [-0.2, -0.15) is 5.10 Å². The molecule has 2 heterocycles. The summed E-state index contributed by atoms with van der Waals surface area (Å²) >= 11 is 2.25. The molecule has 1 aromatic heterocycles. The molecule has 1 aliphatic carbocycles. The third kappa shape index (κ3) is 3.00. The van der Waals surface area contributed by atoms with E-state index in [0.29, 0.717) is 19.8 Å². The minimum atomic E-state index is 0.0274. The quantitative estimate of drug-likeness (QED) is 0.630. The third-order valence-corrected chi connectivity index (χ3v) is 5.21. The van der Waals surface area contributed by atoms with Gasteiger partial charge in [-0.25, -0.2) is 0 Å². The van der Waals surface area contributed by atoms with Crippen molar-refractivity contribution < 1.29 is 9.53 Å². The van der Waals surface area contributed by atoms with Crippen LogP contribution in [0.2, 0.25) is 0 Å². The van der Waals surface area contributed by atoms with Gasteiger partial charge in [0.15, 0.2) is 0 Å². The molecule has 1 aliphatic heterocycles. The second kappa shape index (κ2) is 6.21. The molecule has 1 aromatic carbocycles. The summed E-state index contributed by atoms with van der Waals surface area (Å²) < 4.78 is 6.32. The molecule has 23 heavy (non-hydrogen) atoms. The van der Waals surface area contributed by atoms with Crippen LogP contribution in [0.1, 0.15) is 11.1 Å². The number of rotatable bonds is 3. The Hall–Kier alpha value is -1.45. The average Bonchev–Trinajstić information content (AvgIpc) is 3.08. The SMILES string of the molecule is O=C(CN1CCOCC1)Nc1ccc2c(c1)Cc1c(I)n[nH]c1-2. The largest absolute Gasteiger partial charge is 0.379 e. The molecule has 4 rings (SSSR count). The number of anilines is 1. The molecule has 0 unspecified atom stereocenters. The summed E-state index contributed by atoms with van der Waals surface area (Å²) in [5.41, 5.74) is 5.63. The topological polar surface area (TPSA) is 70.2 Å². The van der Waals surface area contributed by atoms with E-state index in [-0.39, 0.29) is 5.91 Å². The van der Waals surface area contributed by atoms with Crippen LogP contribution in [0, 0.1) is 3.70 Å². The van der Waals surface area contributed by atoms with Crippen LogP contribution in [-0.2, 0) is 16.0 Å². The number of hydrogen-bond acceptors (Lipinski definition) is 4. The number of nitrogens with one attached hydrogen (secondary N) is 2. The van der Waals surface area contributed by atoms with Gasteiger partial charge in [0.25, 0.3) is 0 Å². The molecule has 1 saturated heterocycles. The van der Waals surface area contributed by atoms with Gasteiger partial charge in [-0.3, -0.25) is 14.8 Å². The van der Waals surface area contributed by atoms with Crippen molar-refractivity contribution in [3.8, 4) is 11.3 Å². The Balaban J connectivity index is 1.44. The molecular weight excluding hydrogens is 407 g/mol. The van der Waals surface area contributed by atoms with E-state index in [1.54, 1.807) is 0 Å². The highest BCUT2D eigenvalue weighted by Crippen LogP contribution is 2.38. The molecular formula is C16H17IN4O2. The highest BCUT2D eigenvalue weighted by Gasteiger charge is 2.24. The van der Waals surface area contributed by atoms with Crippen LogP contribution in [0.4, 0.5) is 5.69 Å². The third-order valence-electron chi connectivity index (χ3n) is 4.31. The lowest BCUT2D eigenvalue weighted by Crippen LogP contribution is -2.41. The van der Waals surface area contributed by atoms with Gasteiger partial charge in [-0.05, 0) is 40.3 Å². The number of carbonyl (C=O) groups is 1. The number of benzene rings is 1. The lowest BCUT2D eigenvalue weighted by Gasteiger charge is -2.25. The van der Waals surface area contributed by atoms with E-state index >= 15 is 0 Å². The Kier molecular flexibility index (Phi) is 4.08. The smallest absolute Gasteiger partial charge is 0.238 e. The first kappa shape index (κ1) is 15.1. The Bertz CT molecular complexity index is 753. The highest BCUT2D eigenvalue weighted by atomic mass is 127. The van der Waals surface area contributed by atoms with Crippen LogP contribution in [0.5, 0.6) is 0 Å². The Labute approximate surface area is 147 Å². The van der Waals surface area contributed by atoms with E-state index in [1.165, 1.54) is 16.7 Å². The first-order chi connectivity index (χ1) is 11.2. The zero-order valence-electron chi connectivity index (χ0n) is 12.6. The molecule has 2 N–H and O–H groups in total. The minimum Gasteiger partial charge on any atom is -0.379 e. The molecule has 6 nitrogen and oxygen atoms in total.